The SMILES string of the molecule is CC1OCCC1S(=O)(=O)Cc1cn2ccccc2n1. The monoisotopic (exact) mass is 280 g/mol. The molecule has 0 radical (unpaired) electrons. The van der Waals surface area contributed by atoms with Gasteiger partial charge in [0.15, 0.2) is 9.84 Å². The molecule has 0 saturated carbocycles. The summed E-state index contributed by atoms with van der Waals surface area (Å²) in [6, 6.07) is 5.63. The summed E-state index contributed by atoms with van der Waals surface area (Å²) >= 11 is 0. The number of sulfone groups is 1. The predicted molar refractivity (Wildman–Crippen MR) is 71.6 cm³/mol. The van der Waals surface area contributed by atoms with Crippen molar-refractivity contribution >= 4 is 15.5 Å². The highest BCUT2D eigenvalue weighted by Gasteiger charge is 2.36. The highest BCUT2D eigenvalue weighted by atomic mass is 32.2. The third-order valence-electron chi connectivity index (χ3n) is 3.53. The number of rotatable bonds is 3. The minimum Gasteiger partial charge on any atom is -0.377 e. The lowest BCUT2D eigenvalue weighted by Gasteiger charge is -2.13. The lowest BCUT2D eigenvalue weighted by atomic mass is 10.3. The van der Waals surface area contributed by atoms with Crippen LogP contribution in [-0.4, -0.2) is 35.8 Å². The van der Waals surface area contributed by atoms with Crippen LogP contribution < -0.4 is 0 Å². The minimum atomic E-state index is -3.21. The fraction of sp³-hybridized carbons (Fsp3) is 0.462. The van der Waals surface area contributed by atoms with Gasteiger partial charge in [-0.3, -0.25) is 0 Å². The lowest BCUT2D eigenvalue weighted by molar-refractivity contribution is 0.126. The zero-order chi connectivity index (χ0) is 13.5. The Bertz CT molecular complexity index is 660. The summed E-state index contributed by atoms with van der Waals surface area (Å²) in [5.74, 6) is -0.0208. The lowest BCUT2D eigenvalue weighted by Crippen LogP contribution is -2.29. The van der Waals surface area contributed by atoms with Crippen molar-refractivity contribution in [2.24, 2.45) is 0 Å². The molecule has 0 aliphatic carbocycles. The first kappa shape index (κ1) is 12.6. The van der Waals surface area contributed by atoms with E-state index in [-0.39, 0.29) is 11.9 Å². The normalized spacial score (nSPS) is 24.1. The van der Waals surface area contributed by atoms with Crippen LogP contribution in [0.15, 0.2) is 30.6 Å². The number of pyridine rings is 1. The van der Waals surface area contributed by atoms with Crippen LogP contribution in [0.5, 0.6) is 0 Å². The number of imidazole rings is 1. The number of ether oxygens (including phenoxy) is 1. The first-order valence-electron chi connectivity index (χ1n) is 6.32. The molecule has 1 aliphatic heterocycles. The zero-order valence-electron chi connectivity index (χ0n) is 10.7. The molecule has 2 aromatic heterocycles. The molecule has 0 N–H and O–H groups in total. The van der Waals surface area contributed by atoms with Crippen molar-refractivity contribution in [1.82, 2.24) is 9.38 Å². The summed E-state index contributed by atoms with van der Waals surface area (Å²) in [5.41, 5.74) is 1.36. The van der Waals surface area contributed by atoms with Crippen molar-refractivity contribution in [2.45, 2.75) is 30.5 Å². The van der Waals surface area contributed by atoms with Crippen molar-refractivity contribution in [3.63, 3.8) is 0 Å². The van der Waals surface area contributed by atoms with E-state index in [1.807, 2.05) is 35.7 Å². The van der Waals surface area contributed by atoms with E-state index < -0.39 is 15.1 Å². The van der Waals surface area contributed by atoms with Gasteiger partial charge >= 0.3 is 0 Å². The Morgan fingerprint density at radius 3 is 3.00 bits per heavy atom. The minimum absolute atomic E-state index is 0.0208. The van der Waals surface area contributed by atoms with E-state index in [1.165, 1.54) is 0 Å². The van der Waals surface area contributed by atoms with Crippen molar-refractivity contribution in [3.8, 4) is 0 Å². The summed E-state index contributed by atoms with van der Waals surface area (Å²) in [7, 11) is -3.21. The first-order valence-corrected chi connectivity index (χ1v) is 8.03. The molecule has 1 saturated heterocycles. The number of hydrogen-bond donors (Lipinski definition) is 0. The van der Waals surface area contributed by atoms with Crippen LogP contribution in [0.25, 0.3) is 5.65 Å². The van der Waals surface area contributed by atoms with Crippen LogP contribution in [0.3, 0.4) is 0 Å². The molecule has 2 unspecified atom stereocenters. The van der Waals surface area contributed by atoms with Crippen molar-refractivity contribution in [2.75, 3.05) is 6.61 Å². The molecule has 2 atom stereocenters. The average molecular weight is 280 g/mol. The Labute approximate surface area is 112 Å². The smallest absolute Gasteiger partial charge is 0.161 e. The standard InChI is InChI=1S/C13H16N2O3S/c1-10-12(5-7-18-10)19(16,17)9-11-8-15-6-3-2-4-13(15)14-11/h2-4,6,8,10,12H,5,7,9H2,1H3. The Morgan fingerprint density at radius 1 is 1.47 bits per heavy atom. The highest BCUT2D eigenvalue weighted by Crippen LogP contribution is 2.23. The van der Waals surface area contributed by atoms with Gasteiger partial charge in [0.2, 0.25) is 0 Å². The Morgan fingerprint density at radius 2 is 2.32 bits per heavy atom. The summed E-state index contributed by atoms with van der Waals surface area (Å²) in [5, 5.41) is -0.405. The predicted octanol–water partition coefficient (Wildman–Crippen LogP) is 1.43. The van der Waals surface area contributed by atoms with Gasteiger partial charge in [-0.15, -0.1) is 0 Å². The Hall–Kier alpha value is -1.40. The van der Waals surface area contributed by atoms with E-state index >= 15 is 0 Å². The Kier molecular flexibility index (Phi) is 3.06. The van der Waals surface area contributed by atoms with Crippen LogP contribution in [-0.2, 0) is 20.3 Å². The molecule has 2 aromatic rings. The van der Waals surface area contributed by atoms with Crippen LogP contribution in [0.1, 0.15) is 19.0 Å². The van der Waals surface area contributed by atoms with Crippen molar-refractivity contribution in [3.05, 3.63) is 36.3 Å². The highest BCUT2D eigenvalue weighted by molar-refractivity contribution is 7.91. The van der Waals surface area contributed by atoms with Crippen molar-refractivity contribution < 1.29 is 13.2 Å². The second-order valence-corrected chi connectivity index (χ2v) is 7.13. The van der Waals surface area contributed by atoms with Gasteiger partial charge in [0.1, 0.15) is 5.65 Å². The number of aromatic nitrogens is 2. The molecule has 5 nitrogen and oxygen atoms in total. The van der Waals surface area contributed by atoms with Crippen LogP contribution in [0, 0.1) is 0 Å². The third kappa shape index (κ3) is 2.37. The topological polar surface area (TPSA) is 60.7 Å². The Balaban J connectivity index is 1.87. The molecule has 19 heavy (non-hydrogen) atoms. The molecule has 3 heterocycles. The van der Waals surface area contributed by atoms with E-state index in [4.69, 9.17) is 4.74 Å². The number of fused-ring (bicyclic) bond motifs is 1. The molecule has 0 aromatic carbocycles. The summed E-state index contributed by atoms with van der Waals surface area (Å²) in [6.45, 7) is 2.34. The van der Waals surface area contributed by atoms with E-state index in [2.05, 4.69) is 4.98 Å². The molecule has 102 valence electrons. The van der Waals surface area contributed by atoms with E-state index in [9.17, 15) is 8.42 Å². The molecule has 3 rings (SSSR count). The largest absolute Gasteiger partial charge is 0.377 e. The van der Waals surface area contributed by atoms with Gasteiger partial charge in [0, 0.05) is 19.0 Å². The molecular weight excluding hydrogens is 264 g/mol. The van der Waals surface area contributed by atoms with E-state index in [0.717, 1.165) is 5.65 Å². The fourth-order valence-corrected chi connectivity index (χ4v) is 4.44. The average Bonchev–Trinajstić information content (AvgIpc) is 2.93. The fourth-order valence-electron chi connectivity index (χ4n) is 2.55. The molecule has 1 fully saturated rings. The van der Waals surface area contributed by atoms with Gasteiger partial charge < -0.3 is 9.14 Å². The quantitative estimate of drug-likeness (QED) is 0.853. The number of nitrogens with zero attached hydrogens (tertiary/aromatic N) is 2. The second-order valence-electron chi connectivity index (χ2n) is 4.91. The maximum Gasteiger partial charge on any atom is 0.161 e. The van der Waals surface area contributed by atoms with Crippen molar-refractivity contribution in [1.29, 1.82) is 0 Å². The van der Waals surface area contributed by atoms with Crippen LogP contribution in [0.2, 0.25) is 0 Å². The summed E-state index contributed by atoms with van der Waals surface area (Å²) in [6.07, 6.45) is 3.99. The zero-order valence-corrected chi connectivity index (χ0v) is 11.5. The van der Waals surface area contributed by atoms with Gasteiger partial charge in [-0.05, 0) is 25.5 Å². The maximum atomic E-state index is 12.4. The van der Waals surface area contributed by atoms with Crippen LogP contribution >= 0.6 is 0 Å². The molecule has 0 bridgehead atoms. The maximum absolute atomic E-state index is 12.4. The van der Waals surface area contributed by atoms with Gasteiger partial charge in [-0.1, -0.05) is 6.07 Å². The summed E-state index contributed by atoms with van der Waals surface area (Å²) < 4.78 is 31.9. The molecule has 0 amide bonds. The van der Waals surface area contributed by atoms with Gasteiger partial charge in [0.25, 0.3) is 0 Å². The summed E-state index contributed by atoms with van der Waals surface area (Å²) in [4.78, 5) is 4.34. The van der Waals surface area contributed by atoms with E-state index in [0.29, 0.717) is 18.7 Å². The van der Waals surface area contributed by atoms with Gasteiger partial charge in [0.05, 0.1) is 22.8 Å². The molecule has 1 aliphatic rings. The molecular formula is C13H16N2O3S. The second kappa shape index (κ2) is 4.61. The molecule has 6 heteroatoms. The van der Waals surface area contributed by atoms with Crippen LogP contribution in [0.4, 0.5) is 0 Å². The number of hydrogen-bond acceptors (Lipinski definition) is 4. The third-order valence-corrected chi connectivity index (χ3v) is 5.77. The van der Waals surface area contributed by atoms with E-state index in [1.54, 1.807) is 6.20 Å². The van der Waals surface area contributed by atoms with Gasteiger partial charge in [-0.2, -0.15) is 0 Å². The van der Waals surface area contributed by atoms with Gasteiger partial charge in [-0.25, -0.2) is 13.4 Å². The first-order chi connectivity index (χ1) is 9.06. The molecule has 0 spiro atoms.